The number of nitrogens with zero attached hydrogens (tertiary/aromatic N) is 2. The summed E-state index contributed by atoms with van der Waals surface area (Å²) in [5.41, 5.74) is 3.19. The van der Waals surface area contributed by atoms with Gasteiger partial charge in [-0.3, -0.25) is 4.57 Å². The maximum atomic E-state index is 13.4. The normalized spacial score (nSPS) is 17.6. The van der Waals surface area contributed by atoms with E-state index in [0.29, 0.717) is 12.8 Å². The number of benzene rings is 2. The third kappa shape index (κ3) is 3.63. The van der Waals surface area contributed by atoms with E-state index < -0.39 is 7.52 Å². The fraction of sp³-hybridized carbons (Fsp3) is 0.350. The van der Waals surface area contributed by atoms with E-state index in [4.69, 9.17) is 9.51 Å². The van der Waals surface area contributed by atoms with Gasteiger partial charge in [-0.15, -0.1) is 11.3 Å². The molecule has 4 rings (SSSR count). The van der Waals surface area contributed by atoms with Crippen molar-refractivity contribution < 1.29 is 9.09 Å². The first-order valence-electron chi connectivity index (χ1n) is 9.12. The second-order valence-corrected chi connectivity index (χ2v) is 10.0. The molecule has 0 saturated carbocycles. The number of fused-ring (bicyclic) bond motifs is 1. The highest BCUT2D eigenvalue weighted by Gasteiger charge is 2.33. The van der Waals surface area contributed by atoms with Gasteiger partial charge >= 0.3 is 0 Å². The summed E-state index contributed by atoms with van der Waals surface area (Å²) in [5.74, 6) is 0. The third-order valence-electron chi connectivity index (χ3n) is 4.72. The first kappa shape index (κ1) is 17.9. The largest absolute Gasteiger partial charge is 0.317 e. The van der Waals surface area contributed by atoms with Gasteiger partial charge in [-0.05, 0) is 37.5 Å². The number of hydrogen-bond donors (Lipinski definition) is 0. The van der Waals surface area contributed by atoms with Gasteiger partial charge in [0, 0.05) is 18.7 Å². The fourth-order valence-corrected chi connectivity index (χ4v) is 6.81. The van der Waals surface area contributed by atoms with Crippen LogP contribution in [0.5, 0.6) is 0 Å². The molecule has 3 aromatic rings. The zero-order valence-electron chi connectivity index (χ0n) is 14.9. The molecular weight excluding hydrogens is 363 g/mol. The molecule has 0 radical (unpaired) electrons. The van der Waals surface area contributed by atoms with Crippen LogP contribution in [0.1, 0.15) is 25.3 Å². The monoisotopic (exact) mass is 386 g/mol. The van der Waals surface area contributed by atoms with Crippen molar-refractivity contribution in [1.82, 2.24) is 9.65 Å². The van der Waals surface area contributed by atoms with Crippen molar-refractivity contribution in [2.45, 2.75) is 25.9 Å². The minimum Gasteiger partial charge on any atom is -0.317 e. The van der Waals surface area contributed by atoms with Crippen molar-refractivity contribution in [3.63, 3.8) is 0 Å². The molecule has 4 nitrogen and oxygen atoms in total. The second kappa shape index (κ2) is 7.61. The van der Waals surface area contributed by atoms with E-state index in [-0.39, 0.29) is 0 Å². The molecule has 136 valence electrons. The molecule has 0 amide bonds. The first-order chi connectivity index (χ1) is 12.7. The lowest BCUT2D eigenvalue weighted by Gasteiger charge is -2.27. The van der Waals surface area contributed by atoms with Crippen molar-refractivity contribution in [2.24, 2.45) is 0 Å². The van der Waals surface area contributed by atoms with Crippen LogP contribution in [0.4, 0.5) is 0 Å². The minimum atomic E-state index is -2.78. The van der Waals surface area contributed by atoms with E-state index in [1.807, 2.05) is 25.1 Å². The number of aromatic nitrogens is 1. The van der Waals surface area contributed by atoms with Crippen LogP contribution in [0.15, 0.2) is 48.5 Å². The highest BCUT2D eigenvalue weighted by atomic mass is 32.1. The standard InChI is InChI=1S/C20H23N2O2PS/c1-2-24-25(23,22-13-5-6-14-22)15-16-9-11-17(12-10-16)20-21-18-7-3-4-8-19(18)26-20/h3-4,7-12H,2,5-6,13-15H2,1H3. The summed E-state index contributed by atoms with van der Waals surface area (Å²) in [7, 11) is -2.78. The molecule has 2 heterocycles. The number of hydrogen-bond acceptors (Lipinski definition) is 4. The molecule has 1 fully saturated rings. The van der Waals surface area contributed by atoms with Crippen LogP contribution in [0.2, 0.25) is 0 Å². The summed E-state index contributed by atoms with van der Waals surface area (Å²) < 4.78 is 22.3. The molecule has 26 heavy (non-hydrogen) atoms. The van der Waals surface area contributed by atoms with E-state index in [9.17, 15) is 4.57 Å². The summed E-state index contributed by atoms with van der Waals surface area (Å²) in [6.45, 7) is 4.15. The number of rotatable bonds is 6. The van der Waals surface area contributed by atoms with E-state index in [0.717, 1.165) is 47.6 Å². The van der Waals surface area contributed by atoms with E-state index in [1.54, 1.807) is 11.3 Å². The van der Waals surface area contributed by atoms with Crippen LogP contribution in [0.3, 0.4) is 0 Å². The SMILES string of the molecule is CCOP(=O)(Cc1ccc(-c2nc3ccccc3s2)cc1)N1CCCC1. The topological polar surface area (TPSA) is 42.4 Å². The zero-order valence-corrected chi connectivity index (χ0v) is 16.6. The molecule has 1 atom stereocenters. The van der Waals surface area contributed by atoms with Gasteiger partial charge in [0.25, 0.3) is 7.52 Å². The second-order valence-electron chi connectivity index (χ2n) is 6.56. The van der Waals surface area contributed by atoms with Gasteiger partial charge in [-0.25, -0.2) is 9.65 Å². The molecule has 0 aliphatic carbocycles. The van der Waals surface area contributed by atoms with E-state index in [2.05, 4.69) is 35.0 Å². The van der Waals surface area contributed by atoms with Crippen LogP contribution >= 0.6 is 18.9 Å². The van der Waals surface area contributed by atoms with Gasteiger partial charge in [0.1, 0.15) is 5.01 Å². The Morgan fingerprint density at radius 3 is 2.54 bits per heavy atom. The van der Waals surface area contributed by atoms with Crippen molar-refractivity contribution in [3.8, 4) is 10.6 Å². The smallest absolute Gasteiger partial charge is 0.276 e. The lowest BCUT2D eigenvalue weighted by molar-refractivity contribution is 0.285. The lowest BCUT2D eigenvalue weighted by Crippen LogP contribution is -2.19. The predicted molar refractivity (Wildman–Crippen MR) is 109 cm³/mol. The molecule has 6 heteroatoms. The van der Waals surface area contributed by atoms with Crippen molar-refractivity contribution in [2.75, 3.05) is 19.7 Å². The van der Waals surface area contributed by atoms with Gasteiger partial charge in [0.15, 0.2) is 0 Å². The Balaban J connectivity index is 1.55. The lowest BCUT2D eigenvalue weighted by atomic mass is 10.2. The van der Waals surface area contributed by atoms with Crippen molar-refractivity contribution in [1.29, 1.82) is 0 Å². The van der Waals surface area contributed by atoms with Gasteiger partial charge in [-0.1, -0.05) is 36.4 Å². The number of thiazole rings is 1. The molecule has 1 aliphatic rings. The Kier molecular flexibility index (Phi) is 5.23. The maximum Gasteiger partial charge on any atom is 0.276 e. The summed E-state index contributed by atoms with van der Waals surface area (Å²) in [6.07, 6.45) is 2.68. The van der Waals surface area contributed by atoms with Gasteiger partial charge < -0.3 is 4.52 Å². The highest BCUT2D eigenvalue weighted by molar-refractivity contribution is 7.55. The molecule has 2 aromatic carbocycles. The maximum absolute atomic E-state index is 13.4. The zero-order chi connectivity index (χ0) is 18.0. The summed E-state index contributed by atoms with van der Waals surface area (Å²) in [6, 6.07) is 16.5. The summed E-state index contributed by atoms with van der Waals surface area (Å²) in [5, 5.41) is 1.02. The number of para-hydroxylation sites is 1. The first-order valence-corrected chi connectivity index (χ1v) is 11.7. The average molecular weight is 386 g/mol. The Morgan fingerprint density at radius 2 is 1.85 bits per heavy atom. The molecule has 0 spiro atoms. The van der Waals surface area contributed by atoms with Crippen LogP contribution in [-0.2, 0) is 15.3 Å². The van der Waals surface area contributed by atoms with Crippen LogP contribution < -0.4 is 0 Å². The molecule has 1 saturated heterocycles. The Morgan fingerprint density at radius 1 is 1.12 bits per heavy atom. The van der Waals surface area contributed by atoms with Gasteiger partial charge in [-0.2, -0.15) is 0 Å². The summed E-state index contributed by atoms with van der Waals surface area (Å²) >= 11 is 1.70. The van der Waals surface area contributed by atoms with Crippen molar-refractivity contribution >= 4 is 29.1 Å². The Labute approximate surface area is 158 Å². The fourth-order valence-electron chi connectivity index (χ4n) is 3.41. The highest BCUT2D eigenvalue weighted by Crippen LogP contribution is 2.55. The Bertz CT molecular complexity index is 899. The van der Waals surface area contributed by atoms with Crippen LogP contribution in [0, 0.1) is 0 Å². The molecule has 1 unspecified atom stereocenters. The minimum absolute atomic E-state index is 0.473. The van der Waals surface area contributed by atoms with Crippen LogP contribution in [0.25, 0.3) is 20.8 Å². The molecule has 0 N–H and O–H groups in total. The quantitative estimate of drug-likeness (QED) is 0.503. The van der Waals surface area contributed by atoms with E-state index >= 15 is 0 Å². The van der Waals surface area contributed by atoms with Crippen molar-refractivity contribution in [3.05, 3.63) is 54.1 Å². The summed E-state index contributed by atoms with van der Waals surface area (Å²) in [4.78, 5) is 4.71. The molecule has 1 aliphatic heterocycles. The molecule has 1 aromatic heterocycles. The predicted octanol–water partition coefficient (Wildman–Crippen LogP) is 5.79. The average Bonchev–Trinajstić information content (AvgIpc) is 3.32. The molecular formula is C20H23N2O2PS. The Hall–Kier alpha value is -1.52. The molecule has 0 bridgehead atoms. The van der Waals surface area contributed by atoms with E-state index in [1.165, 1.54) is 4.70 Å². The van der Waals surface area contributed by atoms with Crippen LogP contribution in [-0.4, -0.2) is 29.4 Å². The van der Waals surface area contributed by atoms with Gasteiger partial charge in [0.05, 0.1) is 23.0 Å². The third-order valence-corrected chi connectivity index (χ3v) is 8.50. The van der Waals surface area contributed by atoms with Gasteiger partial charge in [0.2, 0.25) is 0 Å².